The SMILES string of the molecule is CC1CN(CCC2CS(=O)(=O)CCN2)CC1N(C)C. The van der Waals surface area contributed by atoms with Crippen LogP contribution in [0.25, 0.3) is 0 Å². The zero-order chi connectivity index (χ0) is 14.0. The van der Waals surface area contributed by atoms with Gasteiger partial charge in [0.05, 0.1) is 11.5 Å². The summed E-state index contributed by atoms with van der Waals surface area (Å²) in [7, 11) is 1.48. The highest BCUT2D eigenvalue weighted by atomic mass is 32.2. The zero-order valence-corrected chi connectivity index (χ0v) is 13.1. The van der Waals surface area contributed by atoms with Crippen molar-refractivity contribution in [2.45, 2.75) is 25.4 Å². The number of nitrogens with one attached hydrogen (secondary N) is 1. The molecule has 0 aromatic carbocycles. The van der Waals surface area contributed by atoms with E-state index in [-0.39, 0.29) is 6.04 Å². The third-order valence-electron chi connectivity index (χ3n) is 4.41. The highest BCUT2D eigenvalue weighted by molar-refractivity contribution is 7.91. The third-order valence-corrected chi connectivity index (χ3v) is 6.14. The van der Waals surface area contributed by atoms with Gasteiger partial charge >= 0.3 is 0 Å². The van der Waals surface area contributed by atoms with Crippen LogP contribution < -0.4 is 5.32 Å². The Morgan fingerprint density at radius 1 is 1.32 bits per heavy atom. The summed E-state index contributed by atoms with van der Waals surface area (Å²) < 4.78 is 23.2. The van der Waals surface area contributed by atoms with Gasteiger partial charge < -0.3 is 15.1 Å². The Bertz CT molecular complexity index is 397. The molecule has 3 unspecified atom stereocenters. The first-order valence-corrected chi connectivity index (χ1v) is 9.02. The molecule has 2 aliphatic rings. The highest BCUT2D eigenvalue weighted by Crippen LogP contribution is 2.20. The average molecular weight is 289 g/mol. The second-order valence-electron chi connectivity index (χ2n) is 6.32. The molecule has 2 rings (SSSR count). The van der Waals surface area contributed by atoms with Crippen LogP contribution in [0.1, 0.15) is 13.3 Å². The Hall–Kier alpha value is -0.170. The van der Waals surface area contributed by atoms with Crippen LogP contribution in [0.3, 0.4) is 0 Å². The van der Waals surface area contributed by atoms with Crippen LogP contribution in [0.5, 0.6) is 0 Å². The fourth-order valence-electron chi connectivity index (χ4n) is 3.29. The van der Waals surface area contributed by atoms with E-state index in [1.165, 1.54) is 0 Å². The number of likely N-dealkylation sites (N-methyl/N-ethyl adjacent to an activating group) is 1. The fraction of sp³-hybridized carbons (Fsp3) is 1.00. The number of sulfone groups is 1. The van der Waals surface area contributed by atoms with Crippen LogP contribution in [-0.4, -0.2) is 82.1 Å². The molecule has 1 N–H and O–H groups in total. The quantitative estimate of drug-likeness (QED) is 0.766. The van der Waals surface area contributed by atoms with Crippen LogP contribution in [0.2, 0.25) is 0 Å². The van der Waals surface area contributed by atoms with E-state index in [2.05, 4.69) is 36.1 Å². The van der Waals surface area contributed by atoms with Crippen molar-refractivity contribution in [3.63, 3.8) is 0 Å². The summed E-state index contributed by atoms with van der Waals surface area (Å²) in [5, 5.41) is 3.33. The first kappa shape index (κ1) is 15.2. The minimum Gasteiger partial charge on any atom is -0.312 e. The Labute approximate surface area is 117 Å². The minimum absolute atomic E-state index is 0.146. The van der Waals surface area contributed by atoms with E-state index in [1.54, 1.807) is 0 Å². The van der Waals surface area contributed by atoms with Crippen LogP contribution in [0, 0.1) is 5.92 Å². The van der Waals surface area contributed by atoms with Crippen LogP contribution in [0.4, 0.5) is 0 Å². The van der Waals surface area contributed by atoms with Gasteiger partial charge in [0, 0.05) is 31.7 Å². The predicted molar refractivity (Wildman–Crippen MR) is 78.1 cm³/mol. The molecule has 0 aromatic rings. The molecule has 0 aromatic heterocycles. The van der Waals surface area contributed by atoms with Gasteiger partial charge in [-0.15, -0.1) is 0 Å². The normalized spacial score (nSPS) is 35.9. The molecule has 0 amide bonds. The standard InChI is InChI=1S/C13H27N3O2S/c1-11-8-16(9-13(11)15(2)3)6-4-12-10-19(17,18)7-5-14-12/h11-14H,4-10H2,1-3H3. The summed E-state index contributed by atoms with van der Waals surface area (Å²) in [4.78, 5) is 4.77. The lowest BCUT2D eigenvalue weighted by atomic mass is 10.1. The first-order valence-electron chi connectivity index (χ1n) is 7.20. The number of hydrogen-bond acceptors (Lipinski definition) is 5. The van der Waals surface area contributed by atoms with E-state index >= 15 is 0 Å². The van der Waals surface area contributed by atoms with Gasteiger partial charge in [-0.25, -0.2) is 8.42 Å². The molecule has 0 spiro atoms. The van der Waals surface area contributed by atoms with Gasteiger partial charge in [0.25, 0.3) is 0 Å². The minimum atomic E-state index is -2.80. The van der Waals surface area contributed by atoms with Gasteiger partial charge in [0.2, 0.25) is 0 Å². The zero-order valence-electron chi connectivity index (χ0n) is 12.3. The van der Waals surface area contributed by atoms with Gasteiger partial charge in [-0.3, -0.25) is 0 Å². The third kappa shape index (κ3) is 4.15. The molecule has 0 bridgehead atoms. The van der Waals surface area contributed by atoms with Crippen molar-refractivity contribution in [2.75, 3.05) is 51.8 Å². The number of rotatable bonds is 4. The maximum absolute atomic E-state index is 11.6. The molecule has 5 nitrogen and oxygen atoms in total. The molecule has 2 fully saturated rings. The number of likely N-dealkylation sites (tertiary alicyclic amines) is 1. The van der Waals surface area contributed by atoms with Crippen LogP contribution in [0.15, 0.2) is 0 Å². The second kappa shape index (κ2) is 6.08. The molecule has 0 radical (unpaired) electrons. The molecular formula is C13H27N3O2S. The van der Waals surface area contributed by atoms with E-state index in [4.69, 9.17) is 0 Å². The van der Waals surface area contributed by atoms with Gasteiger partial charge in [0.1, 0.15) is 0 Å². The Morgan fingerprint density at radius 2 is 2.05 bits per heavy atom. The number of nitrogens with zero attached hydrogens (tertiary/aromatic N) is 2. The van der Waals surface area contributed by atoms with E-state index in [0.29, 0.717) is 30.0 Å². The molecular weight excluding hydrogens is 262 g/mol. The monoisotopic (exact) mass is 289 g/mol. The number of hydrogen-bond donors (Lipinski definition) is 1. The summed E-state index contributed by atoms with van der Waals surface area (Å²) >= 11 is 0. The summed E-state index contributed by atoms with van der Waals surface area (Å²) in [6.07, 6.45) is 0.937. The molecule has 0 aliphatic carbocycles. The lowest BCUT2D eigenvalue weighted by molar-refractivity contribution is 0.249. The van der Waals surface area contributed by atoms with E-state index < -0.39 is 9.84 Å². The summed E-state index contributed by atoms with van der Waals surface area (Å²) in [6.45, 7) is 6.15. The van der Waals surface area contributed by atoms with Crippen molar-refractivity contribution in [3.05, 3.63) is 0 Å². The lowest BCUT2D eigenvalue weighted by Gasteiger charge is -2.26. The maximum Gasteiger partial charge on any atom is 0.153 e. The van der Waals surface area contributed by atoms with Crippen molar-refractivity contribution >= 4 is 9.84 Å². The van der Waals surface area contributed by atoms with E-state index in [1.807, 2.05) is 0 Å². The van der Waals surface area contributed by atoms with Gasteiger partial charge in [-0.05, 0) is 33.0 Å². The largest absolute Gasteiger partial charge is 0.312 e. The van der Waals surface area contributed by atoms with E-state index in [0.717, 1.165) is 26.1 Å². The smallest absolute Gasteiger partial charge is 0.153 e. The molecule has 3 atom stereocenters. The van der Waals surface area contributed by atoms with Crippen molar-refractivity contribution in [2.24, 2.45) is 5.92 Å². The molecule has 112 valence electrons. The molecule has 2 aliphatic heterocycles. The van der Waals surface area contributed by atoms with Crippen molar-refractivity contribution in [1.82, 2.24) is 15.1 Å². The van der Waals surface area contributed by atoms with Crippen molar-refractivity contribution in [1.29, 1.82) is 0 Å². The fourth-order valence-corrected chi connectivity index (χ4v) is 4.79. The van der Waals surface area contributed by atoms with Crippen molar-refractivity contribution < 1.29 is 8.42 Å². The predicted octanol–water partition coefficient (Wildman–Crippen LogP) is -0.355. The van der Waals surface area contributed by atoms with Crippen LogP contribution >= 0.6 is 0 Å². The average Bonchev–Trinajstić information content (AvgIpc) is 2.67. The molecule has 0 saturated carbocycles. The summed E-state index contributed by atoms with van der Waals surface area (Å²) in [5.41, 5.74) is 0. The second-order valence-corrected chi connectivity index (χ2v) is 8.55. The molecule has 6 heteroatoms. The van der Waals surface area contributed by atoms with Gasteiger partial charge in [0.15, 0.2) is 9.84 Å². The Kier molecular flexibility index (Phi) is 4.87. The molecule has 2 heterocycles. The van der Waals surface area contributed by atoms with E-state index in [9.17, 15) is 8.42 Å². The lowest BCUT2D eigenvalue weighted by Crippen LogP contribution is -2.46. The Morgan fingerprint density at radius 3 is 2.63 bits per heavy atom. The summed E-state index contributed by atoms with van der Waals surface area (Å²) in [6, 6.07) is 0.774. The van der Waals surface area contributed by atoms with Crippen molar-refractivity contribution in [3.8, 4) is 0 Å². The Balaban J connectivity index is 1.77. The summed E-state index contributed by atoms with van der Waals surface area (Å²) in [5.74, 6) is 1.30. The maximum atomic E-state index is 11.6. The molecule has 19 heavy (non-hydrogen) atoms. The highest BCUT2D eigenvalue weighted by Gasteiger charge is 2.31. The molecule has 2 saturated heterocycles. The van der Waals surface area contributed by atoms with Gasteiger partial charge in [-0.2, -0.15) is 0 Å². The first-order chi connectivity index (χ1) is 8.87. The van der Waals surface area contributed by atoms with Crippen LogP contribution in [-0.2, 0) is 9.84 Å². The van der Waals surface area contributed by atoms with Gasteiger partial charge in [-0.1, -0.05) is 6.92 Å². The topological polar surface area (TPSA) is 52.7 Å².